The van der Waals surface area contributed by atoms with Gasteiger partial charge in [0.1, 0.15) is 0 Å². The summed E-state index contributed by atoms with van der Waals surface area (Å²) in [6, 6.07) is 0. The predicted molar refractivity (Wildman–Crippen MR) is 67.5 cm³/mol. The second-order valence-electron chi connectivity index (χ2n) is 3.98. The van der Waals surface area contributed by atoms with Gasteiger partial charge in [-0.3, -0.25) is 9.59 Å². The molecule has 0 bridgehead atoms. The number of esters is 1. The third kappa shape index (κ3) is 2.87. The molecule has 1 aromatic rings. The Balaban J connectivity index is 3.04. The number of hydrogen-bond acceptors (Lipinski definition) is 5. The molecule has 0 radical (unpaired) electrons. The number of nitrogens with zero attached hydrogens (tertiary/aromatic N) is 1. The van der Waals surface area contributed by atoms with E-state index in [1.807, 2.05) is 6.92 Å². The number of ether oxygens (including phenoxy) is 1. The number of hydrogen-bond donors (Lipinski definition) is 1. The van der Waals surface area contributed by atoms with E-state index in [2.05, 4.69) is 4.98 Å². The van der Waals surface area contributed by atoms with Crippen LogP contribution < -0.4 is 0 Å². The first-order valence-electron chi connectivity index (χ1n) is 5.78. The van der Waals surface area contributed by atoms with Crippen molar-refractivity contribution in [1.29, 1.82) is 0 Å². The molecule has 1 heterocycles. The van der Waals surface area contributed by atoms with Crippen molar-refractivity contribution < 1.29 is 19.4 Å². The zero-order valence-corrected chi connectivity index (χ0v) is 11.5. The quantitative estimate of drug-likeness (QED) is 0.633. The van der Waals surface area contributed by atoms with Crippen molar-refractivity contribution in [3.05, 3.63) is 16.1 Å². The third-order valence-corrected chi connectivity index (χ3v) is 3.74. The van der Waals surface area contributed by atoms with E-state index in [0.717, 1.165) is 9.88 Å². The first-order valence-corrected chi connectivity index (χ1v) is 6.59. The molecule has 1 rings (SSSR count). The van der Waals surface area contributed by atoms with E-state index < -0.39 is 17.4 Å². The van der Waals surface area contributed by atoms with Crippen molar-refractivity contribution in [3.8, 4) is 0 Å². The van der Waals surface area contributed by atoms with Crippen LogP contribution in [0.3, 0.4) is 0 Å². The van der Waals surface area contributed by atoms with Crippen molar-refractivity contribution in [2.45, 2.75) is 33.6 Å². The number of carboxylic acid groups (broad SMARTS) is 1. The summed E-state index contributed by atoms with van der Waals surface area (Å²) < 4.78 is 4.90. The van der Waals surface area contributed by atoms with Gasteiger partial charge < -0.3 is 9.84 Å². The van der Waals surface area contributed by atoms with Crippen LogP contribution in [0.1, 0.15) is 30.2 Å². The average molecular weight is 271 g/mol. The molecule has 18 heavy (non-hydrogen) atoms. The molecule has 1 aromatic heterocycles. The van der Waals surface area contributed by atoms with Crippen LogP contribution in [0.4, 0.5) is 0 Å². The summed E-state index contributed by atoms with van der Waals surface area (Å²) in [4.78, 5) is 28.2. The number of carbonyl (C=O) groups is 2. The highest BCUT2D eigenvalue weighted by Crippen LogP contribution is 2.31. The van der Waals surface area contributed by atoms with Gasteiger partial charge in [-0.15, -0.1) is 11.3 Å². The van der Waals surface area contributed by atoms with E-state index in [-0.39, 0.29) is 19.4 Å². The molecule has 0 aliphatic heterocycles. The van der Waals surface area contributed by atoms with E-state index in [0.29, 0.717) is 0 Å². The fraction of sp³-hybridized carbons (Fsp3) is 0.583. The summed E-state index contributed by atoms with van der Waals surface area (Å²) in [6.45, 7) is 5.36. The number of rotatable bonds is 6. The van der Waals surface area contributed by atoms with Gasteiger partial charge >= 0.3 is 11.9 Å². The fourth-order valence-electron chi connectivity index (χ4n) is 1.71. The lowest BCUT2D eigenvalue weighted by Crippen LogP contribution is -2.42. The standard InChI is InChI=1S/C12H17NO4S/c1-4-12(10(14)15,11(16)17-5-2)6-9-7-13-8(3)18-9/h7H,4-6H2,1-3H3,(H,14,15). The molecule has 0 saturated heterocycles. The predicted octanol–water partition coefficient (Wildman–Crippen LogP) is 2.04. The van der Waals surface area contributed by atoms with E-state index in [9.17, 15) is 14.7 Å². The average Bonchev–Trinajstić information content (AvgIpc) is 2.71. The molecule has 1 unspecified atom stereocenters. The van der Waals surface area contributed by atoms with Gasteiger partial charge in [0, 0.05) is 17.5 Å². The second-order valence-corrected chi connectivity index (χ2v) is 5.30. The van der Waals surface area contributed by atoms with Crippen LogP contribution in [0.5, 0.6) is 0 Å². The number of aromatic nitrogens is 1. The van der Waals surface area contributed by atoms with E-state index in [4.69, 9.17) is 4.74 Å². The van der Waals surface area contributed by atoms with Crippen LogP contribution in [0.2, 0.25) is 0 Å². The number of carboxylic acids is 1. The summed E-state index contributed by atoms with van der Waals surface area (Å²) in [6.07, 6.45) is 1.94. The lowest BCUT2D eigenvalue weighted by molar-refractivity contribution is -0.168. The summed E-state index contributed by atoms with van der Waals surface area (Å²) in [5, 5.41) is 10.2. The highest BCUT2D eigenvalue weighted by molar-refractivity contribution is 7.11. The van der Waals surface area contributed by atoms with Gasteiger partial charge in [0.25, 0.3) is 0 Å². The smallest absolute Gasteiger partial charge is 0.323 e. The van der Waals surface area contributed by atoms with Crippen molar-refractivity contribution in [2.24, 2.45) is 5.41 Å². The Bertz CT molecular complexity index is 443. The normalized spacial score (nSPS) is 13.9. The number of aliphatic carboxylic acids is 1. The number of thiazole rings is 1. The van der Waals surface area contributed by atoms with Gasteiger partial charge in [-0.05, 0) is 20.3 Å². The van der Waals surface area contributed by atoms with Crippen molar-refractivity contribution in [3.63, 3.8) is 0 Å². The second kappa shape index (κ2) is 5.95. The molecule has 6 heteroatoms. The van der Waals surface area contributed by atoms with Gasteiger partial charge in [-0.1, -0.05) is 6.92 Å². The lowest BCUT2D eigenvalue weighted by atomic mass is 9.81. The Morgan fingerprint density at radius 2 is 2.17 bits per heavy atom. The molecule has 0 spiro atoms. The minimum absolute atomic E-state index is 0.128. The van der Waals surface area contributed by atoms with Gasteiger partial charge in [-0.2, -0.15) is 0 Å². The maximum absolute atomic E-state index is 11.9. The molecular weight excluding hydrogens is 254 g/mol. The molecule has 100 valence electrons. The summed E-state index contributed by atoms with van der Waals surface area (Å²) >= 11 is 1.40. The van der Waals surface area contributed by atoms with E-state index >= 15 is 0 Å². The highest BCUT2D eigenvalue weighted by Gasteiger charge is 2.46. The van der Waals surface area contributed by atoms with Crippen LogP contribution in [0, 0.1) is 12.3 Å². The maximum Gasteiger partial charge on any atom is 0.323 e. The third-order valence-electron chi connectivity index (χ3n) is 2.82. The van der Waals surface area contributed by atoms with Crippen molar-refractivity contribution in [1.82, 2.24) is 4.98 Å². The molecule has 0 fully saturated rings. The molecule has 0 aliphatic rings. The first-order chi connectivity index (χ1) is 8.46. The van der Waals surface area contributed by atoms with Crippen LogP contribution in [0.25, 0.3) is 0 Å². The molecule has 0 amide bonds. The van der Waals surface area contributed by atoms with Crippen LogP contribution in [-0.4, -0.2) is 28.6 Å². The van der Waals surface area contributed by atoms with Crippen LogP contribution in [0.15, 0.2) is 6.20 Å². The van der Waals surface area contributed by atoms with Crippen LogP contribution >= 0.6 is 11.3 Å². The minimum atomic E-state index is -1.50. The van der Waals surface area contributed by atoms with Crippen molar-refractivity contribution >= 4 is 23.3 Å². The molecule has 5 nitrogen and oxygen atoms in total. The van der Waals surface area contributed by atoms with E-state index in [1.54, 1.807) is 20.0 Å². The zero-order chi connectivity index (χ0) is 13.8. The summed E-state index contributed by atoms with van der Waals surface area (Å²) in [5.41, 5.74) is -1.50. The summed E-state index contributed by atoms with van der Waals surface area (Å²) in [5.74, 6) is -1.82. The van der Waals surface area contributed by atoms with Crippen LogP contribution in [-0.2, 0) is 20.7 Å². The molecule has 0 saturated carbocycles. The topological polar surface area (TPSA) is 76.5 Å². The Morgan fingerprint density at radius 1 is 1.50 bits per heavy atom. The highest BCUT2D eigenvalue weighted by atomic mass is 32.1. The number of aryl methyl sites for hydroxylation is 1. The summed E-state index contributed by atoms with van der Waals surface area (Å²) in [7, 11) is 0. The fourth-order valence-corrected chi connectivity index (χ4v) is 2.62. The maximum atomic E-state index is 11.9. The molecular formula is C12H17NO4S. The first kappa shape index (κ1) is 14.6. The Kier molecular flexibility index (Phi) is 4.84. The van der Waals surface area contributed by atoms with Gasteiger partial charge in [0.05, 0.1) is 11.6 Å². The number of carbonyl (C=O) groups excluding carboxylic acids is 1. The Morgan fingerprint density at radius 3 is 2.56 bits per heavy atom. The Hall–Kier alpha value is -1.43. The Labute approximate surface area is 110 Å². The van der Waals surface area contributed by atoms with Gasteiger partial charge in [0.2, 0.25) is 0 Å². The van der Waals surface area contributed by atoms with Gasteiger partial charge in [-0.25, -0.2) is 4.98 Å². The monoisotopic (exact) mass is 271 g/mol. The SMILES string of the molecule is CCOC(=O)C(CC)(Cc1cnc(C)s1)C(=O)O. The lowest BCUT2D eigenvalue weighted by Gasteiger charge is -2.24. The van der Waals surface area contributed by atoms with Crippen molar-refractivity contribution in [2.75, 3.05) is 6.61 Å². The minimum Gasteiger partial charge on any atom is -0.480 e. The zero-order valence-electron chi connectivity index (χ0n) is 10.7. The molecule has 0 aliphatic carbocycles. The molecule has 1 atom stereocenters. The largest absolute Gasteiger partial charge is 0.480 e. The van der Waals surface area contributed by atoms with Gasteiger partial charge in [0.15, 0.2) is 5.41 Å². The molecule has 1 N–H and O–H groups in total. The van der Waals surface area contributed by atoms with E-state index in [1.165, 1.54) is 11.3 Å². The molecule has 0 aromatic carbocycles.